The molecule has 0 nitrogen and oxygen atoms in total. The molecule has 0 aliphatic heterocycles. The van der Waals surface area contributed by atoms with Crippen molar-refractivity contribution in [3.05, 3.63) is 0 Å². The molecular weight excluding hydrogens is 128 g/mol. The van der Waals surface area contributed by atoms with Crippen molar-refractivity contribution in [2.24, 2.45) is 5.92 Å². The van der Waals surface area contributed by atoms with E-state index in [1.165, 1.54) is 12.2 Å². The van der Waals surface area contributed by atoms with E-state index in [0.717, 1.165) is 11.2 Å². The van der Waals surface area contributed by atoms with Crippen LogP contribution >= 0.6 is 11.8 Å². The van der Waals surface area contributed by atoms with E-state index < -0.39 is 0 Å². The van der Waals surface area contributed by atoms with Crippen molar-refractivity contribution >= 4 is 11.8 Å². The Morgan fingerprint density at radius 1 is 1.22 bits per heavy atom. The van der Waals surface area contributed by atoms with E-state index in [9.17, 15) is 0 Å². The van der Waals surface area contributed by atoms with Crippen molar-refractivity contribution in [2.75, 3.05) is 5.75 Å². The van der Waals surface area contributed by atoms with E-state index in [1.807, 2.05) is 0 Å². The summed E-state index contributed by atoms with van der Waals surface area (Å²) in [5.74, 6) is 2.23. The highest BCUT2D eigenvalue weighted by Gasteiger charge is 1.99. The van der Waals surface area contributed by atoms with Crippen LogP contribution in [0.15, 0.2) is 0 Å². The van der Waals surface area contributed by atoms with E-state index in [2.05, 4.69) is 39.5 Å². The Kier molecular flexibility index (Phi) is 5.36. The zero-order valence-electron chi connectivity index (χ0n) is 6.98. The Morgan fingerprint density at radius 3 is 2.11 bits per heavy atom. The monoisotopic (exact) mass is 146 g/mol. The molecule has 56 valence electrons. The third-order valence-electron chi connectivity index (χ3n) is 1.41. The molecule has 0 saturated heterocycles. The van der Waals surface area contributed by atoms with Gasteiger partial charge in [0.05, 0.1) is 0 Å². The van der Waals surface area contributed by atoms with Gasteiger partial charge in [0.2, 0.25) is 0 Å². The molecule has 0 aromatic rings. The summed E-state index contributed by atoms with van der Waals surface area (Å²) in [6.45, 7) is 9.08. The molecule has 0 aliphatic carbocycles. The second kappa shape index (κ2) is 5.16. The highest BCUT2D eigenvalue weighted by atomic mass is 32.2. The predicted octanol–water partition coefficient (Wildman–Crippen LogP) is 3.17. The van der Waals surface area contributed by atoms with Crippen LogP contribution in [-0.2, 0) is 0 Å². The van der Waals surface area contributed by atoms with Crippen LogP contribution in [0, 0.1) is 5.92 Å². The molecular formula is C8H18S. The summed E-state index contributed by atoms with van der Waals surface area (Å²) in [4.78, 5) is 0. The maximum atomic E-state index is 2.31. The molecule has 0 N–H and O–H groups in total. The number of thioether (sulfide) groups is 1. The van der Waals surface area contributed by atoms with Crippen LogP contribution < -0.4 is 0 Å². The Bertz CT molecular complexity index is 59.6. The number of hydrogen-bond acceptors (Lipinski definition) is 1. The zero-order chi connectivity index (χ0) is 7.28. The van der Waals surface area contributed by atoms with E-state index >= 15 is 0 Å². The maximum absolute atomic E-state index is 2.31. The summed E-state index contributed by atoms with van der Waals surface area (Å²) in [7, 11) is 0. The van der Waals surface area contributed by atoms with Crippen molar-refractivity contribution in [1.82, 2.24) is 0 Å². The van der Waals surface area contributed by atoms with E-state index in [-0.39, 0.29) is 0 Å². The minimum absolute atomic E-state index is 0.805. The highest BCUT2D eigenvalue weighted by Crippen LogP contribution is 2.15. The second-order valence-electron chi connectivity index (χ2n) is 2.90. The van der Waals surface area contributed by atoms with E-state index in [4.69, 9.17) is 0 Å². The maximum Gasteiger partial charge on any atom is -0.000958 e. The molecule has 0 saturated carbocycles. The Balaban J connectivity index is 3.06. The van der Waals surface area contributed by atoms with Crippen LogP contribution in [0.4, 0.5) is 0 Å². The SMILES string of the molecule is CC[C@H](C)CSC(C)C. The fraction of sp³-hybridized carbons (Fsp3) is 1.00. The summed E-state index contributed by atoms with van der Waals surface area (Å²) < 4.78 is 0. The fourth-order valence-electron chi connectivity index (χ4n) is 0.475. The first-order valence-corrected chi connectivity index (χ1v) is 4.83. The van der Waals surface area contributed by atoms with Crippen molar-refractivity contribution in [2.45, 2.75) is 39.4 Å². The highest BCUT2D eigenvalue weighted by molar-refractivity contribution is 7.99. The first-order chi connectivity index (χ1) is 4.16. The molecule has 1 heteroatoms. The third-order valence-corrected chi connectivity index (χ3v) is 2.84. The average molecular weight is 146 g/mol. The molecule has 0 radical (unpaired) electrons. The van der Waals surface area contributed by atoms with Gasteiger partial charge in [-0.3, -0.25) is 0 Å². The first-order valence-electron chi connectivity index (χ1n) is 3.78. The van der Waals surface area contributed by atoms with Gasteiger partial charge < -0.3 is 0 Å². The quantitative estimate of drug-likeness (QED) is 0.587. The van der Waals surface area contributed by atoms with Crippen LogP contribution in [0.3, 0.4) is 0 Å². The lowest BCUT2D eigenvalue weighted by atomic mass is 10.2. The summed E-state index contributed by atoms with van der Waals surface area (Å²) in [6, 6.07) is 0. The van der Waals surface area contributed by atoms with Crippen molar-refractivity contribution < 1.29 is 0 Å². The number of rotatable bonds is 4. The molecule has 0 aromatic heterocycles. The fourth-order valence-corrected chi connectivity index (χ4v) is 1.42. The first kappa shape index (κ1) is 9.35. The normalized spacial score (nSPS) is 14.3. The summed E-state index contributed by atoms with van der Waals surface area (Å²) in [5, 5.41) is 0.805. The van der Waals surface area contributed by atoms with Gasteiger partial charge in [0, 0.05) is 0 Å². The molecule has 0 amide bonds. The average Bonchev–Trinajstić information content (AvgIpc) is 1.83. The molecule has 1 atom stereocenters. The Labute approximate surface area is 63.4 Å². The third kappa shape index (κ3) is 6.23. The van der Waals surface area contributed by atoms with Gasteiger partial charge in [0.15, 0.2) is 0 Å². The molecule has 0 fully saturated rings. The van der Waals surface area contributed by atoms with Crippen molar-refractivity contribution in [1.29, 1.82) is 0 Å². The number of hydrogen-bond donors (Lipinski definition) is 0. The van der Waals surface area contributed by atoms with Gasteiger partial charge in [-0.05, 0) is 16.9 Å². The van der Waals surface area contributed by atoms with Gasteiger partial charge in [-0.15, -0.1) is 0 Å². The lowest BCUT2D eigenvalue weighted by Crippen LogP contribution is -1.99. The Morgan fingerprint density at radius 2 is 1.78 bits per heavy atom. The van der Waals surface area contributed by atoms with E-state index in [0.29, 0.717) is 0 Å². The molecule has 0 heterocycles. The van der Waals surface area contributed by atoms with Crippen LogP contribution in [0.25, 0.3) is 0 Å². The van der Waals surface area contributed by atoms with Gasteiger partial charge in [0.1, 0.15) is 0 Å². The van der Waals surface area contributed by atoms with E-state index in [1.54, 1.807) is 0 Å². The van der Waals surface area contributed by atoms with Crippen LogP contribution in [0.2, 0.25) is 0 Å². The molecule has 0 unspecified atom stereocenters. The van der Waals surface area contributed by atoms with Crippen LogP contribution in [0.1, 0.15) is 34.1 Å². The molecule has 0 aromatic carbocycles. The standard InChI is InChI=1S/C8H18S/c1-5-8(4)6-9-7(2)3/h7-8H,5-6H2,1-4H3/t8-/m0/s1. The largest absolute Gasteiger partial charge is 0.159 e. The summed E-state index contributed by atoms with van der Waals surface area (Å²) in [6.07, 6.45) is 1.32. The molecule has 0 bridgehead atoms. The lowest BCUT2D eigenvalue weighted by molar-refractivity contribution is 0.636. The predicted molar refractivity (Wildman–Crippen MR) is 47.0 cm³/mol. The summed E-state index contributed by atoms with van der Waals surface area (Å²) in [5.41, 5.74) is 0. The summed E-state index contributed by atoms with van der Waals surface area (Å²) >= 11 is 2.06. The van der Waals surface area contributed by atoms with Gasteiger partial charge in [-0.1, -0.05) is 34.1 Å². The van der Waals surface area contributed by atoms with Gasteiger partial charge in [-0.2, -0.15) is 11.8 Å². The lowest BCUT2D eigenvalue weighted by Gasteiger charge is -2.09. The molecule has 0 spiro atoms. The van der Waals surface area contributed by atoms with Crippen LogP contribution in [0.5, 0.6) is 0 Å². The molecule has 0 rings (SSSR count). The van der Waals surface area contributed by atoms with Crippen molar-refractivity contribution in [3.8, 4) is 0 Å². The molecule has 0 aliphatic rings. The minimum Gasteiger partial charge on any atom is -0.159 e. The van der Waals surface area contributed by atoms with Gasteiger partial charge >= 0.3 is 0 Å². The molecule has 9 heavy (non-hydrogen) atoms. The second-order valence-corrected chi connectivity index (χ2v) is 4.50. The smallest absolute Gasteiger partial charge is 0.000958 e. The zero-order valence-corrected chi connectivity index (χ0v) is 7.79. The van der Waals surface area contributed by atoms with Crippen LogP contribution in [-0.4, -0.2) is 11.0 Å². The minimum atomic E-state index is 0.805. The van der Waals surface area contributed by atoms with Gasteiger partial charge in [0.25, 0.3) is 0 Å². The topological polar surface area (TPSA) is 0 Å². The van der Waals surface area contributed by atoms with Crippen molar-refractivity contribution in [3.63, 3.8) is 0 Å². The Hall–Kier alpha value is 0.350. The van der Waals surface area contributed by atoms with Gasteiger partial charge in [-0.25, -0.2) is 0 Å².